The number of benzene rings is 1. The standard InChI is InChI=1S/C18H21F3N2O2S/c1-17(2,3)26(24)23-15(16-14(25-4)6-5-11-22-16)12-7-9-13(10-8-12)18(19,20)21/h5-11,15,23H,1-4H3/t15?,26-/m0/s1. The molecule has 1 N–H and O–H groups in total. The molecule has 1 aromatic heterocycles. The average molecular weight is 386 g/mol. The molecule has 1 heterocycles. The van der Waals surface area contributed by atoms with Gasteiger partial charge in [0.15, 0.2) is 0 Å². The Kier molecular flexibility index (Phi) is 6.21. The van der Waals surface area contributed by atoms with Crippen molar-refractivity contribution in [3.63, 3.8) is 0 Å². The molecule has 142 valence electrons. The molecular formula is C18H21F3N2O2S. The number of hydrogen-bond acceptors (Lipinski definition) is 4. The minimum Gasteiger partial charge on any atom is -0.598 e. The number of rotatable bonds is 5. The van der Waals surface area contributed by atoms with Crippen LogP contribution in [0, 0.1) is 0 Å². The van der Waals surface area contributed by atoms with Crippen molar-refractivity contribution in [2.75, 3.05) is 7.11 Å². The Hall–Kier alpha value is -1.77. The third kappa shape index (κ3) is 4.90. The van der Waals surface area contributed by atoms with Gasteiger partial charge < -0.3 is 9.29 Å². The summed E-state index contributed by atoms with van der Waals surface area (Å²) in [6, 6.07) is 7.41. The van der Waals surface area contributed by atoms with E-state index in [9.17, 15) is 17.7 Å². The normalized spacial score (nSPS) is 14.8. The smallest absolute Gasteiger partial charge is 0.416 e. The third-order valence-corrected chi connectivity index (χ3v) is 5.21. The Morgan fingerprint density at radius 2 is 1.73 bits per heavy atom. The maximum absolute atomic E-state index is 12.8. The Balaban J connectivity index is 2.47. The van der Waals surface area contributed by atoms with Crippen LogP contribution in [-0.4, -0.2) is 21.4 Å². The summed E-state index contributed by atoms with van der Waals surface area (Å²) in [7, 11) is 1.48. The van der Waals surface area contributed by atoms with Crippen molar-refractivity contribution in [1.82, 2.24) is 9.71 Å². The van der Waals surface area contributed by atoms with Crippen LogP contribution in [0.4, 0.5) is 13.2 Å². The number of pyridine rings is 1. The molecule has 2 rings (SSSR count). The molecule has 0 bridgehead atoms. The van der Waals surface area contributed by atoms with Crippen molar-refractivity contribution in [2.45, 2.75) is 37.7 Å². The first-order chi connectivity index (χ1) is 12.0. The zero-order valence-corrected chi connectivity index (χ0v) is 15.7. The van der Waals surface area contributed by atoms with Gasteiger partial charge in [0.05, 0.1) is 12.7 Å². The summed E-state index contributed by atoms with van der Waals surface area (Å²) in [5, 5.41) is 0. The van der Waals surface area contributed by atoms with E-state index in [0.29, 0.717) is 17.0 Å². The molecule has 0 saturated heterocycles. The topological polar surface area (TPSA) is 57.2 Å². The fourth-order valence-corrected chi connectivity index (χ4v) is 3.04. The second-order valence-corrected chi connectivity index (χ2v) is 8.64. The van der Waals surface area contributed by atoms with E-state index in [4.69, 9.17) is 4.74 Å². The first-order valence-corrected chi connectivity index (χ1v) is 9.03. The molecule has 0 amide bonds. The molecule has 1 unspecified atom stereocenters. The van der Waals surface area contributed by atoms with Gasteiger partial charge in [-0.05, 0) is 50.6 Å². The molecule has 26 heavy (non-hydrogen) atoms. The summed E-state index contributed by atoms with van der Waals surface area (Å²) in [4.78, 5) is 4.29. The van der Waals surface area contributed by atoms with Crippen molar-refractivity contribution in [3.8, 4) is 5.75 Å². The molecule has 8 heteroatoms. The molecule has 0 fully saturated rings. The predicted octanol–water partition coefficient (Wildman–Crippen LogP) is 4.25. The van der Waals surface area contributed by atoms with Crippen LogP contribution in [0.5, 0.6) is 5.75 Å². The van der Waals surface area contributed by atoms with Gasteiger partial charge in [-0.1, -0.05) is 12.1 Å². The molecule has 2 atom stereocenters. The fraction of sp³-hybridized carbons (Fsp3) is 0.389. The highest BCUT2D eigenvalue weighted by Crippen LogP contribution is 2.33. The number of halogens is 3. The Labute approximate surface area is 154 Å². The average Bonchev–Trinajstić information content (AvgIpc) is 2.58. The minimum atomic E-state index is -4.42. The molecular weight excluding hydrogens is 365 g/mol. The van der Waals surface area contributed by atoms with E-state index in [2.05, 4.69) is 9.71 Å². The summed E-state index contributed by atoms with van der Waals surface area (Å²) in [5.41, 5.74) is 0.213. The lowest BCUT2D eigenvalue weighted by molar-refractivity contribution is -0.137. The highest BCUT2D eigenvalue weighted by atomic mass is 32.2. The van der Waals surface area contributed by atoms with Crippen LogP contribution in [0.25, 0.3) is 0 Å². The second-order valence-electron chi connectivity index (χ2n) is 6.64. The highest BCUT2D eigenvalue weighted by molar-refractivity contribution is 7.90. The van der Waals surface area contributed by atoms with Crippen LogP contribution >= 0.6 is 0 Å². The molecule has 0 aliphatic rings. The maximum Gasteiger partial charge on any atom is 0.416 e. The van der Waals surface area contributed by atoms with Crippen molar-refractivity contribution in [2.24, 2.45) is 0 Å². The second kappa shape index (κ2) is 7.85. The number of alkyl halides is 3. The molecule has 2 aromatic rings. The number of hydrogen-bond donors (Lipinski definition) is 1. The lowest BCUT2D eigenvalue weighted by Crippen LogP contribution is -2.41. The number of nitrogens with one attached hydrogen (secondary N) is 1. The molecule has 0 aliphatic heterocycles. The predicted molar refractivity (Wildman–Crippen MR) is 95.1 cm³/mol. The lowest BCUT2D eigenvalue weighted by Gasteiger charge is -2.28. The first kappa shape index (κ1) is 20.5. The van der Waals surface area contributed by atoms with E-state index in [1.165, 1.54) is 19.2 Å². The first-order valence-electron chi connectivity index (χ1n) is 7.88. The number of ether oxygens (including phenoxy) is 1. The Morgan fingerprint density at radius 1 is 1.12 bits per heavy atom. The fourth-order valence-electron chi connectivity index (χ4n) is 2.22. The van der Waals surface area contributed by atoms with Crippen LogP contribution in [0.1, 0.15) is 43.6 Å². The minimum absolute atomic E-state index is 0.451. The summed E-state index contributed by atoms with van der Waals surface area (Å²) >= 11 is -1.47. The van der Waals surface area contributed by atoms with Gasteiger partial charge in [0, 0.05) is 17.6 Å². The lowest BCUT2D eigenvalue weighted by atomic mass is 10.0. The van der Waals surface area contributed by atoms with Crippen LogP contribution in [0.2, 0.25) is 0 Å². The number of aromatic nitrogens is 1. The van der Waals surface area contributed by atoms with Gasteiger partial charge in [-0.2, -0.15) is 13.2 Å². The molecule has 0 radical (unpaired) electrons. The molecule has 4 nitrogen and oxygen atoms in total. The van der Waals surface area contributed by atoms with Crippen molar-refractivity contribution >= 4 is 11.4 Å². The zero-order chi connectivity index (χ0) is 19.5. The number of methoxy groups -OCH3 is 1. The Bertz CT molecular complexity index is 730. The van der Waals surface area contributed by atoms with Gasteiger partial charge >= 0.3 is 6.18 Å². The summed E-state index contributed by atoms with van der Waals surface area (Å²) in [6.45, 7) is 5.40. The highest BCUT2D eigenvalue weighted by Gasteiger charge is 2.34. The molecule has 0 saturated carbocycles. The monoisotopic (exact) mass is 386 g/mol. The SMILES string of the molecule is COc1cccnc1C(N[S@@+]([O-])C(C)(C)C)c1ccc(C(F)(F)F)cc1. The van der Waals surface area contributed by atoms with Crippen LogP contribution in [0.3, 0.4) is 0 Å². The largest absolute Gasteiger partial charge is 0.598 e. The Morgan fingerprint density at radius 3 is 2.23 bits per heavy atom. The van der Waals surface area contributed by atoms with Crippen molar-refractivity contribution in [3.05, 3.63) is 59.4 Å². The van der Waals surface area contributed by atoms with Crippen molar-refractivity contribution < 1.29 is 22.5 Å². The van der Waals surface area contributed by atoms with Crippen LogP contribution in [0.15, 0.2) is 42.6 Å². The van der Waals surface area contributed by atoms with E-state index >= 15 is 0 Å². The van der Waals surface area contributed by atoms with Crippen LogP contribution < -0.4 is 9.46 Å². The van der Waals surface area contributed by atoms with Gasteiger partial charge in [-0.15, -0.1) is 4.72 Å². The van der Waals surface area contributed by atoms with E-state index < -0.39 is 33.9 Å². The summed E-state index contributed by atoms with van der Waals surface area (Å²) in [6.07, 6.45) is -2.87. The quantitative estimate of drug-likeness (QED) is 0.781. The number of nitrogens with zero attached hydrogens (tertiary/aromatic N) is 1. The van der Waals surface area contributed by atoms with Crippen LogP contribution in [-0.2, 0) is 17.5 Å². The van der Waals surface area contributed by atoms with Gasteiger partial charge in [0.2, 0.25) is 0 Å². The van der Waals surface area contributed by atoms with E-state index in [1.54, 1.807) is 39.1 Å². The van der Waals surface area contributed by atoms with Crippen molar-refractivity contribution in [1.29, 1.82) is 0 Å². The molecule has 0 aliphatic carbocycles. The van der Waals surface area contributed by atoms with Gasteiger partial charge in [0.25, 0.3) is 0 Å². The van der Waals surface area contributed by atoms with Gasteiger partial charge in [-0.3, -0.25) is 4.98 Å². The third-order valence-electron chi connectivity index (χ3n) is 3.65. The van der Waals surface area contributed by atoms with Gasteiger partial charge in [0.1, 0.15) is 22.2 Å². The summed E-state index contributed by atoms with van der Waals surface area (Å²) < 4.78 is 58.8. The maximum atomic E-state index is 12.8. The molecule has 1 aromatic carbocycles. The van der Waals surface area contributed by atoms with E-state index in [0.717, 1.165) is 12.1 Å². The van der Waals surface area contributed by atoms with E-state index in [-0.39, 0.29) is 0 Å². The summed E-state index contributed by atoms with van der Waals surface area (Å²) in [5.74, 6) is 0.454. The van der Waals surface area contributed by atoms with E-state index in [1.807, 2.05) is 0 Å². The molecule has 0 spiro atoms. The van der Waals surface area contributed by atoms with Gasteiger partial charge in [-0.25, -0.2) is 0 Å². The zero-order valence-electron chi connectivity index (χ0n) is 14.9.